The van der Waals surface area contributed by atoms with Crippen LogP contribution in [0.4, 0.5) is 10.5 Å². The van der Waals surface area contributed by atoms with E-state index in [-0.39, 0.29) is 12.2 Å². The molecule has 0 fully saturated rings. The number of urea groups is 1. The summed E-state index contributed by atoms with van der Waals surface area (Å²) in [5, 5.41) is 5.16. The van der Waals surface area contributed by atoms with Gasteiger partial charge in [0.1, 0.15) is 0 Å². The molecule has 0 aromatic heterocycles. The van der Waals surface area contributed by atoms with Gasteiger partial charge in [0.25, 0.3) is 0 Å². The van der Waals surface area contributed by atoms with E-state index in [0.29, 0.717) is 18.5 Å². The van der Waals surface area contributed by atoms with Gasteiger partial charge in [0.05, 0.1) is 12.2 Å². The molecule has 4 N–H and O–H groups in total. The Morgan fingerprint density at radius 1 is 1.26 bits per heavy atom. The average molecular weight is 407 g/mol. The first-order chi connectivity index (χ1) is 10.7. The number of halogens is 1. The lowest BCUT2D eigenvalue weighted by molar-refractivity contribution is -0.120. The number of rotatable bonds is 8. The van der Waals surface area contributed by atoms with Gasteiger partial charge < -0.3 is 20.4 Å². The van der Waals surface area contributed by atoms with E-state index in [2.05, 4.69) is 26.6 Å². The van der Waals surface area contributed by atoms with Crippen LogP contribution in [0.25, 0.3) is 0 Å². The Labute approximate surface area is 143 Å². The zero-order chi connectivity index (χ0) is 17.5. The van der Waals surface area contributed by atoms with E-state index in [4.69, 9.17) is 9.79 Å². The summed E-state index contributed by atoms with van der Waals surface area (Å²) >= 11 is 3.29. The van der Waals surface area contributed by atoms with Gasteiger partial charge in [0.15, 0.2) is 5.78 Å². The third-order valence-corrected chi connectivity index (χ3v) is 4.36. The minimum atomic E-state index is -4.23. The average Bonchev–Trinajstić information content (AvgIpc) is 2.46. The highest BCUT2D eigenvalue weighted by molar-refractivity contribution is 9.10. The molecule has 0 spiro atoms. The standard InChI is InChI=1S/C14H20BrN2O5P/c1-2-3-12(13(18)8-9-23(20,21)22)17-14(19)16-11-6-4-10(15)5-7-11/h4-7,12H,2-3,8-9H2,1H3,(H2,16,17,19)(H2,20,21,22)/t12-/m0/s1. The molecule has 23 heavy (non-hydrogen) atoms. The number of hydrogen-bond acceptors (Lipinski definition) is 3. The number of nitrogens with one attached hydrogen (secondary N) is 2. The monoisotopic (exact) mass is 406 g/mol. The second kappa shape index (κ2) is 9.17. The molecule has 0 heterocycles. The predicted molar refractivity (Wildman–Crippen MR) is 91.5 cm³/mol. The highest BCUT2D eigenvalue weighted by Gasteiger charge is 2.23. The van der Waals surface area contributed by atoms with Gasteiger partial charge in [-0.15, -0.1) is 0 Å². The fraction of sp³-hybridized carbons (Fsp3) is 0.429. The number of hydrogen-bond donors (Lipinski definition) is 4. The van der Waals surface area contributed by atoms with E-state index >= 15 is 0 Å². The van der Waals surface area contributed by atoms with Crippen LogP contribution in [0.5, 0.6) is 0 Å². The minimum Gasteiger partial charge on any atom is -0.328 e. The lowest BCUT2D eigenvalue weighted by Crippen LogP contribution is -2.43. The van der Waals surface area contributed by atoms with Gasteiger partial charge >= 0.3 is 13.6 Å². The fourth-order valence-electron chi connectivity index (χ4n) is 1.89. The summed E-state index contributed by atoms with van der Waals surface area (Å²) in [6.45, 7) is 1.86. The highest BCUT2D eigenvalue weighted by atomic mass is 79.9. The Balaban J connectivity index is 2.59. The summed E-state index contributed by atoms with van der Waals surface area (Å²) in [5.41, 5.74) is 0.573. The van der Waals surface area contributed by atoms with Gasteiger partial charge in [-0.3, -0.25) is 9.36 Å². The highest BCUT2D eigenvalue weighted by Crippen LogP contribution is 2.35. The number of amides is 2. The molecule has 0 aliphatic rings. The lowest BCUT2D eigenvalue weighted by atomic mass is 10.1. The molecule has 1 atom stereocenters. The van der Waals surface area contributed by atoms with Crippen molar-refractivity contribution in [2.45, 2.75) is 32.2 Å². The summed E-state index contributed by atoms with van der Waals surface area (Å²) < 4.78 is 11.7. The predicted octanol–water partition coefficient (Wildman–Crippen LogP) is 2.88. The molecular weight excluding hydrogens is 387 g/mol. The number of carbonyl (C=O) groups is 2. The largest absolute Gasteiger partial charge is 0.328 e. The van der Waals surface area contributed by atoms with E-state index in [9.17, 15) is 14.2 Å². The van der Waals surface area contributed by atoms with Crippen molar-refractivity contribution >= 4 is 41.0 Å². The van der Waals surface area contributed by atoms with Crippen LogP contribution in [-0.4, -0.2) is 33.8 Å². The van der Waals surface area contributed by atoms with Gasteiger partial charge in [-0.05, 0) is 30.7 Å². The summed E-state index contributed by atoms with van der Waals surface area (Å²) in [6.07, 6.45) is 0.286. The van der Waals surface area contributed by atoms with Crippen LogP contribution in [0.2, 0.25) is 0 Å². The summed E-state index contributed by atoms with van der Waals surface area (Å²) in [6, 6.07) is 5.65. The lowest BCUT2D eigenvalue weighted by Gasteiger charge is -2.17. The molecule has 1 aromatic carbocycles. The smallest absolute Gasteiger partial charge is 0.326 e. The summed E-state index contributed by atoms with van der Waals surface area (Å²) in [7, 11) is -4.23. The third-order valence-electron chi connectivity index (χ3n) is 3.02. The van der Waals surface area contributed by atoms with E-state index < -0.39 is 25.8 Å². The topological polar surface area (TPSA) is 116 Å². The van der Waals surface area contributed by atoms with Crippen molar-refractivity contribution in [2.75, 3.05) is 11.5 Å². The molecule has 1 rings (SSSR count). The quantitative estimate of drug-likeness (QED) is 0.495. The van der Waals surface area contributed by atoms with Crippen molar-refractivity contribution in [3.8, 4) is 0 Å². The van der Waals surface area contributed by atoms with Crippen molar-refractivity contribution in [1.82, 2.24) is 5.32 Å². The third kappa shape index (κ3) is 8.27. The Morgan fingerprint density at radius 3 is 2.39 bits per heavy atom. The molecule has 0 aliphatic carbocycles. The number of Topliss-reactive ketones (excluding diaryl/α,β-unsaturated/α-hetero) is 1. The van der Waals surface area contributed by atoms with Crippen LogP contribution in [0, 0.1) is 0 Å². The summed E-state index contributed by atoms with van der Waals surface area (Å²) in [4.78, 5) is 41.6. The molecule has 7 nitrogen and oxygen atoms in total. The Morgan fingerprint density at radius 2 is 1.87 bits per heavy atom. The zero-order valence-corrected chi connectivity index (χ0v) is 15.1. The maximum atomic E-state index is 12.0. The molecule has 128 valence electrons. The van der Waals surface area contributed by atoms with Crippen molar-refractivity contribution in [1.29, 1.82) is 0 Å². The van der Waals surface area contributed by atoms with Crippen molar-refractivity contribution < 1.29 is 23.9 Å². The SMILES string of the molecule is CCC[C@H](NC(=O)Nc1ccc(Br)cc1)C(=O)CCP(=O)(O)O. The fourth-order valence-corrected chi connectivity index (χ4v) is 2.67. The normalized spacial score (nSPS) is 12.5. The van der Waals surface area contributed by atoms with Crippen LogP contribution >= 0.6 is 23.5 Å². The first-order valence-corrected chi connectivity index (χ1v) is 9.70. The van der Waals surface area contributed by atoms with E-state index in [0.717, 1.165) is 4.47 Å². The van der Waals surface area contributed by atoms with Gasteiger partial charge in [0, 0.05) is 16.6 Å². The molecule has 0 unspecified atom stereocenters. The van der Waals surface area contributed by atoms with Gasteiger partial charge in [-0.1, -0.05) is 29.3 Å². The minimum absolute atomic E-state index is 0.270. The molecule has 0 saturated carbocycles. The molecule has 0 aliphatic heterocycles. The molecule has 2 amide bonds. The van der Waals surface area contributed by atoms with Crippen LogP contribution in [0.3, 0.4) is 0 Å². The number of carbonyl (C=O) groups excluding carboxylic acids is 2. The van der Waals surface area contributed by atoms with Crippen molar-refractivity contribution in [2.24, 2.45) is 0 Å². The van der Waals surface area contributed by atoms with Crippen LogP contribution in [0.1, 0.15) is 26.2 Å². The molecule has 0 radical (unpaired) electrons. The van der Waals surface area contributed by atoms with Gasteiger partial charge in [0.2, 0.25) is 0 Å². The van der Waals surface area contributed by atoms with Gasteiger partial charge in [-0.25, -0.2) is 4.79 Å². The molecule has 9 heteroatoms. The first-order valence-electron chi connectivity index (χ1n) is 7.11. The molecule has 0 bridgehead atoms. The van der Waals surface area contributed by atoms with Crippen LogP contribution in [-0.2, 0) is 9.36 Å². The first kappa shape index (κ1) is 19.8. The van der Waals surface area contributed by atoms with Crippen molar-refractivity contribution in [3.63, 3.8) is 0 Å². The molecule has 0 saturated heterocycles. The molecular formula is C14H20BrN2O5P. The van der Waals surface area contributed by atoms with E-state index in [1.165, 1.54) is 0 Å². The zero-order valence-electron chi connectivity index (χ0n) is 12.7. The number of benzene rings is 1. The van der Waals surface area contributed by atoms with E-state index in [1.54, 1.807) is 24.3 Å². The molecule has 1 aromatic rings. The second-order valence-corrected chi connectivity index (χ2v) is 7.74. The Kier molecular flexibility index (Phi) is 7.91. The van der Waals surface area contributed by atoms with Gasteiger partial charge in [-0.2, -0.15) is 0 Å². The second-order valence-electron chi connectivity index (χ2n) is 5.05. The van der Waals surface area contributed by atoms with E-state index in [1.807, 2.05) is 6.92 Å². The van der Waals surface area contributed by atoms with Crippen molar-refractivity contribution in [3.05, 3.63) is 28.7 Å². The maximum Gasteiger partial charge on any atom is 0.326 e. The maximum absolute atomic E-state index is 12.0. The van der Waals surface area contributed by atoms with Crippen LogP contribution < -0.4 is 10.6 Å². The Bertz CT molecular complexity index is 587. The number of ketones is 1. The van der Waals surface area contributed by atoms with Crippen LogP contribution in [0.15, 0.2) is 28.7 Å². The summed E-state index contributed by atoms with van der Waals surface area (Å²) in [5.74, 6) is -0.388. The Hall–Kier alpha value is -1.21. The number of anilines is 1.